The average Bonchev–Trinajstić information content (AvgIpc) is 3.24. The van der Waals surface area contributed by atoms with Gasteiger partial charge in [-0.3, -0.25) is 0 Å². The van der Waals surface area contributed by atoms with Crippen molar-refractivity contribution < 1.29 is 9.13 Å². The number of fused-ring (bicyclic) bond motifs is 1. The van der Waals surface area contributed by atoms with Crippen LogP contribution in [0.5, 0.6) is 5.75 Å². The Hall–Kier alpha value is -1.84. The molecule has 3 nitrogen and oxygen atoms in total. The first-order valence-corrected chi connectivity index (χ1v) is 6.65. The minimum atomic E-state index is -0.294. The van der Waals surface area contributed by atoms with E-state index >= 15 is 0 Å². The van der Waals surface area contributed by atoms with Crippen LogP contribution in [0.3, 0.4) is 0 Å². The van der Waals surface area contributed by atoms with Gasteiger partial charge in [0.15, 0.2) is 0 Å². The Bertz CT molecular complexity index is 623. The molecule has 0 spiro atoms. The van der Waals surface area contributed by atoms with Crippen molar-refractivity contribution >= 4 is 16.6 Å². The summed E-state index contributed by atoms with van der Waals surface area (Å²) in [7, 11) is 1.59. The predicted molar refractivity (Wildman–Crippen MR) is 74.4 cm³/mol. The van der Waals surface area contributed by atoms with Crippen molar-refractivity contribution in [3.63, 3.8) is 0 Å². The molecule has 1 aromatic heterocycles. The largest absolute Gasteiger partial charge is 0.496 e. The molecule has 1 N–H and O–H groups in total. The van der Waals surface area contributed by atoms with Crippen LogP contribution in [0.2, 0.25) is 0 Å². The smallest absolute Gasteiger partial charge is 0.149 e. The normalized spacial score (nSPS) is 14.7. The number of rotatable bonds is 4. The molecule has 100 valence electrons. The van der Waals surface area contributed by atoms with E-state index in [4.69, 9.17) is 4.74 Å². The Morgan fingerprint density at radius 3 is 2.84 bits per heavy atom. The number of anilines is 1. The SMILES string of the molecule is CCNc1cc(C2CC2)nc2c(F)ccc(OC)c12. The van der Waals surface area contributed by atoms with Crippen molar-refractivity contribution in [3.05, 3.63) is 29.7 Å². The lowest BCUT2D eigenvalue weighted by Crippen LogP contribution is -2.02. The standard InChI is InChI=1S/C15H17FN2O/c1-3-17-12-8-11(9-4-5-9)18-15-10(16)6-7-13(19-2)14(12)15/h6-9H,3-5H2,1-2H3,(H,17,18). The van der Waals surface area contributed by atoms with Gasteiger partial charge in [0.25, 0.3) is 0 Å². The minimum Gasteiger partial charge on any atom is -0.496 e. The molecule has 4 heteroatoms. The first-order chi connectivity index (χ1) is 9.24. The van der Waals surface area contributed by atoms with E-state index in [1.165, 1.54) is 6.07 Å². The van der Waals surface area contributed by atoms with Crippen molar-refractivity contribution in [2.24, 2.45) is 0 Å². The molecule has 0 aliphatic heterocycles. The van der Waals surface area contributed by atoms with Gasteiger partial charge in [-0.2, -0.15) is 0 Å². The Morgan fingerprint density at radius 2 is 2.21 bits per heavy atom. The first-order valence-electron chi connectivity index (χ1n) is 6.65. The molecule has 0 radical (unpaired) electrons. The molecule has 0 atom stereocenters. The Balaban J connectivity index is 2.29. The second-order valence-electron chi connectivity index (χ2n) is 4.87. The fraction of sp³-hybridized carbons (Fsp3) is 0.400. The molecule has 1 aliphatic carbocycles. The minimum absolute atomic E-state index is 0.294. The van der Waals surface area contributed by atoms with Gasteiger partial charge < -0.3 is 10.1 Å². The zero-order chi connectivity index (χ0) is 13.4. The number of pyridine rings is 1. The van der Waals surface area contributed by atoms with Gasteiger partial charge in [0.05, 0.1) is 12.5 Å². The quantitative estimate of drug-likeness (QED) is 0.910. The second kappa shape index (κ2) is 4.68. The number of hydrogen-bond acceptors (Lipinski definition) is 3. The van der Waals surface area contributed by atoms with E-state index in [0.29, 0.717) is 17.2 Å². The molecule has 0 unspecified atom stereocenters. The summed E-state index contributed by atoms with van der Waals surface area (Å²) in [6.07, 6.45) is 2.30. The first kappa shape index (κ1) is 12.2. The zero-order valence-electron chi connectivity index (χ0n) is 11.2. The third-order valence-corrected chi connectivity index (χ3v) is 3.48. The van der Waals surface area contributed by atoms with Crippen LogP contribution in [-0.4, -0.2) is 18.6 Å². The molecule has 0 amide bonds. The maximum Gasteiger partial charge on any atom is 0.149 e. The van der Waals surface area contributed by atoms with Gasteiger partial charge in [0.1, 0.15) is 17.1 Å². The van der Waals surface area contributed by atoms with E-state index in [1.807, 2.05) is 13.0 Å². The number of hydrogen-bond donors (Lipinski definition) is 1. The number of ether oxygens (including phenoxy) is 1. The van der Waals surface area contributed by atoms with Gasteiger partial charge >= 0.3 is 0 Å². The predicted octanol–water partition coefficient (Wildman–Crippen LogP) is 3.69. The summed E-state index contributed by atoms with van der Waals surface area (Å²) in [5, 5.41) is 4.02. The average molecular weight is 260 g/mol. The lowest BCUT2D eigenvalue weighted by molar-refractivity contribution is 0.419. The summed E-state index contributed by atoms with van der Waals surface area (Å²) in [6.45, 7) is 2.80. The molecule has 3 rings (SSSR count). The number of halogens is 1. The molecule has 0 saturated heterocycles. The van der Waals surface area contributed by atoms with Crippen molar-refractivity contribution in [3.8, 4) is 5.75 Å². The third-order valence-electron chi connectivity index (χ3n) is 3.48. The third kappa shape index (κ3) is 2.11. The highest BCUT2D eigenvalue weighted by Crippen LogP contribution is 2.42. The van der Waals surface area contributed by atoms with Crippen LogP contribution < -0.4 is 10.1 Å². The zero-order valence-corrected chi connectivity index (χ0v) is 11.2. The molecular weight excluding hydrogens is 243 g/mol. The van der Waals surface area contributed by atoms with Gasteiger partial charge in [-0.15, -0.1) is 0 Å². The number of nitrogens with one attached hydrogen (secondary N) is 1. The van der Waals surface area contributed by atoms with E-state index in [1.54, 1.807) is 13.2 Å². The van der Waals surface area contributed by atoms with Crippen LogP contribution in [0.15, 0.2) is 18.2 Å². The highest BCUT2D eigenvalue weighted by molar-refractivity contribution is 5.97. The van der Waals surface area contributed by atoms with E-state index in [-0.39, 0.29) is 5.82 Å². The van der Waals surface area contributed by atoms with Crippen LogP contribution in [0.25, 0.3) is 10.9 Å². The van der Waals surface area contributed by atoms with Crippen LogP contribution in [-0.2, 0) is 0 Å². The van der Waals surface area contributed by atoms with Crippen LogP contribution in [0.1, 0.15) is 31.4 Å². The summed E-state index contributed by atoms with van der Waals surface area (Å²) in [5.74, 6) is 0.854. The molecular formula is C15H17FN2O. The fourth-order valence-electron chi connectivity index (χ4n) is 2.39. The fourth-order valence-corrected chi connectivity index (χ4v) is 2.39. The molecule has 0 bridgehead atoms. The van der Waals surface area contributed by atoms with Crippen molar-refractivity contribution in [2.75, 3.05) is 19.0 Å². The number of methoxy groups -OCH3 is 1. The van der Waals surface area contributed by atoms with Crippen LogP contribution >= 0.6 is 0 Å². The summed E-state index contributed by atoms with van der Waals surface area (Å²) in [5.41, 5.74) is 2.29. The second-order valence-corrected chi connectivity index (χ2v) is 4.87. The summed E-state index contributed by atoms with van der Waals surface area (Å²) in [6, 6.07) is 5.10. The van der Waals surface area contributed by atoms with Gasteiger partial charge in [-0.05, 0) is 38.0 Å². The summed E-state index contributed by atoms with van der Waals surface area (Å²) < 4.78 is 19.4. The Kier molecular flexibility index (Phi) is 3.01. The highest BCUT2D eigenvalue weighted by atomic mass is 19.1. The molecule has 19 heavy (non-hydrogen) atoms. The van der Waals surface area contributed by atoms with Crippen LogP contribution in [0.4, 0.5) is 10.1 Å². The van der Waals surface area contributed by atoms with Gasteiger partial charge in [-0.1, -0.05) is 0 Å². The monoisotopic (exact) mass is 260 g/mol. The Morgan fingerprint density at radius 1 is 1.42 bits per heavy atom. The summed E-state index contributed by atoms with van der Waals surface area (Å²) >= 11 is 0. The molecule has 1 heterocycles. The summed E-state index contributed by atoms with van der Waals surface area (Å²) in [4.78, 5) is 4.49. The highest BCUT2D eigenvalue weighted by Gasteiger charge is 2.27. The van der Waals surface area contributed by atoms with Crippen molar-refractivity contribution in [1.29, 1.82) is 0 Å². The van der Waals surface area contributed by atoms with E-state index in [9.17, 15) is 4.39 Å². The molecule has 1 fully saturated rings. The number of nitrogens with zero attached hydrogens (tertiary/aromatic N) is 1. The molecule has 1 aromatic carbocycles. The van der Waals surface area contributed by atoms with Gasteiger partial charge in [0, 0.05) is 23.8 Å². The molecule has 1 saturated carbocycles. The van der Waals surface area contributed by atoms with Gasteiger partial charge in [-0.25, -0.2) is 9.37 Å². The van der Waals surface area contributed by atoms with E-state index in [2.05, 4.69) is 10.3 Å². The van der Waals surface area contributed by atoms with Crippen molar-refractivity contribution in [1.82, 2.24) is 4.98 Å². The van der Waals surface area contributed by atoms with E-state index < -0.39 is 0 Å². The van der Waals surface area contributed by atoms with Crippen molar-refractivity contribution in [2.45, 2.75) is 25.7 Å². The van der Waals surface area contributed by atoms with E-state index in [0.717, 1.165) is 36.2 Å². The lowest BCUT2D eigenvalue weighted by Gasteiger charge is -2.13. The van der Waals surface area contributed by atoms with Gasteiger partial charge in [0.2, 0.25) is 0 Å². The topological polar surface area (TPSA) is 34.2 Å². The number of aromatic nitrogens is 1. The molecule has 2 aromatic rings. The Labute approximate surface area is 111 Å². The lowest BCUT2D eigenvalue weighted by atomic mass is 10.1. The van der Waals surface area contributed by atoms with Crippen LogP contribution in [0, 0.1) is 5.82 Å². The maximum atomic E-state index is 14.0. The molecule has 1 aliphatic rings. The number of benzene rings is 1. The maximum absolute atomic E-state index is 14.0.